The number of hydrogen-bond donors (Lipinski definition) is 1. The van der Waals surface area contributed by atoms with E-state index in [2.05, 4.69) is 15.1 Å². The molecule has 4 rings (SSSR count). The van der Waals surface area contributed by atoms with Gasteiger partial charge in [-0.15, -0.1) is 0 Å². The summed E-state index contributed by atoms with van der Waals surface area (Å²) in [6.07, 6.45) is 2.61. The number of halogens is 4. The molecule has 28 heavy (non-hydrogen) atoms. The van der Waals surface area contributed by atoms with E-state index in [1.165, 1.54) is 0 Å². The molecule has 0 amide bonds. The molecule has 1 atom stereocenters. The Kier molecular flexibility index (Phi) is 4.84. The molecule has 0 aromatic carbocycles. The maximum absolute atomic E-state index is 13.5. The zero-order chi connectivity index (χ0) is 20.1. The molecule has 2 fully saturated rings. The second kappa shape index (κ2) is 6.93. The minimum absolute atomic E-state index is 0.0495. The predicted octanol–water partition coefficient (Wildman–Crippen LogP) is 4.55. The molecule has 0 saturated heterocycles. The lowest BCUT2D eigenvalue weighted by Crippen LogP contribution is -2.31. The number of aryl methyl sites for hydroxylation is 1. The van der Waals surface area contributed by atoms with Crippen LogP contribution in [-0.4, -0.2) is 31.4 Å². The maximum atomic E-state index is 13.5. The van der Waals surface area contributed by atoms with Crippen LogP contribution in [0.2, 0.25) is 0 Å². The van der Waals surface area contributed by atoms with Gasteiger partial charge in [0.2, 0.25) is 11.8 Å². The summed E-state index contributed by atoms with van der Waals surface area (Å²) in [7, 11) is 0. The first-order valence-electron chi connectivity index (χ1n) is 9.89. The standard InChI is InChI=1S/C19H25F4N5/c1-11-16(13-4-8-19(22,23)9-5-13)26-17-25-14(10-28(17)27-11)15(24)12-2-6-18(20,21)7-3-12/h10,12-13,15H,2-9,24H2,1H3. The Bertz CT molecular complexity index is 845. The lowest BCUT2D eigenvalue weighted by atomic mass is 9.81. The molecular formula is C19H25F4N5. The number of fused-ring (bicyclic) bond motifs is 1. The first-order chi connectivity index (χ1) is 13.1. The highest BCUT2D eigenvalue weighted by atomic mass is 19.3. The number of imidazole rings is 1. The van der Waals surface area contributed by atoms with Gasteiger partial charge in [-0.1, -0.05) is 0 Å². The molecule has 2 heterocycles. The fourth-order valence-electron chi connectivity index (χ4n) is 4.45. The third kappa shape index (κ3) is 3.86. The number of alkyl halides is 4. The van der Waals surface area contributed by atoms with E-state index in [4.69, 9.17) is 5.73 Å². The third-order valence-corrected chi connectivity index (χ3v) is 6.25. The average Bonchev–Trinajstić information content (AvgIpc) is 3.03. The van der Waals surface area contributed by atoms with Crippen molar-refractivity contribution in [1.29, 1.82) is 0 Å². The molecule has 1 unspecified atom stereocenters. The van der Waals surface area contributed by atoms with Crippen LogP contribution in [0.3, 0.4) is 0 Å². The fraction of sp³-hybridized carbons (Fsp3) is 0.737. The van der Waals surface area contributed by atoms with Crippen molar-refractivity contribution in [3.05, 3.63) is 23.3 Å². The molecule has 154 valence electrons. The molecule has 5 nitrogen and oxygen atoms in total. The second-order valence-electron chi connectivity index (χ2n) is 8.34. The quantitative estimate of drug-likeness (QED) is 0.769. The summed E-state index contributed by atoms with van der Waals surface area (Å²) < 4.78 is 55.2. The SMILES string of the molecule is Cc1nn2cc(C(N)C3CCC(F)(F)CC3)nc2nc1C1CCC(F)(F)CC1. The highest BCUT2D eigenvalue weighted by Crippen LogP contribution is 2.42. The highest BCUT2D eigenvalue weighted by molar-refractivity contribution is 5.33. The van der Waals surface area contributed by atoms with Crippen molar-refractivity contribution in [2.24, 2.45) is 11.7 Å². The lowest BCUT2D eigenvalue weighted by Gasteiger charge is -2.31. The van der Waals surface area contributed by atoms with Gasteiger partial charge in [-0.05, 0) is 38.5 Å². The Balaban J connectivity index is 1.54. The maximum Gasteiger partial charge on any atom is 0.251 e. The Morgan fingerprint density at radius 3 is 2.18 bits per heavy atom. The van der Waals surface area contributed by atoms with Crippen molar-refractivity contribution >= 4 is 5.78 Å². The van der Waals surface area contributed by atoms with Crippen molar-refractivity contribution in [2.45, 2.75) is 82.1 Å². The number of rotatable bonds is 3. The van der Waals surface area contributed by atoms with Gasteiger partial charge >= 0.3 is 0 Å². The van der Waals surface area contributed by atoms with E-state index >= 15 is 0 Å². The zero-order valence-corrected chi connectivity index (χ0v) is 15.8. The fourth-order valence-corrected chi connectivity index (χ4v) is 4.45. The highest BCUT2D eigenvalue weighted by Gasteiger charge is 2.38. The minimum Gasteiger partial charge on any atom is -0.322 e. The first kappa shape index (κ1) is 19.5. The molecule has 2 aliphatic rings. The summed E-state index contributed by atoms with van der Waals surface area (Å²) in [5.41, 5.74) is 8.30. The van der Waals surface area contributed by atoms with Gasteiger partial charge < -0.3 is 5.73 Å². The largest absolute Gasteiger partial charge is 0.322 e. The molecule has 2 aromatic heterocycles. The number of nitrogens with two attached hydrogens (primary N) is 1. The van der Waals surface area contributed by atoms with Crippen LogP contribution in [0.4, 0.5) is 17.6 Å². The molecule has 2 aromatic rings. The normalized spacial score (nSPS) is 24.5. The molecule has 0 bridgehead atoms. The van der Waals surface area contributed by atoms with Crippen molar-refractivity contribution in [3.8, 4) is 0 Å². The van der Waals surface area contributed by atoms with E-state index < -0.39 is 17.9 Å². The van der Waals surface area contributed by atoms with Crippen LogP contribution in [0.25, 0.3) is 5.78 Å². The molecule has 2 saturated carbocycles. The number of nitrogens with zero attached hydrogens (tertiary/aromatic N) is 4. The van der Waals surface area contributed by atoms with Crippen LogP contribution in [0.5, 0.6) is 0 Å². The smallest absolute Gasteiger partial charge is 0.251 e. The Morgan fingerprint density at radius 2 is 1.57 bits per heavy atom. The van der Waals surface area contributed by atoms with E-state index in [0.29, 0.717) is 48.5 Å². The van der Waals surface area contributed by atoms with E-state index in [1.54, 1.807) is 10.7 Å². The molecule has 9 heteroatoms. The van der Waals surface area contributed by atoms with Gasteiger partial charge in [-0.3, -0.25) is 0 Å². The van der Waals surface area contributed by atoms with E-state index in [0.717, 1.165) is 0 Å². The van der Waals surface area contributed by atoms with Gasteiger partial charge in [0.1, 0.15) is 0 Å². The van der Waals surface area contributed by atoms with Gasteiger partial charge in [0.15, 0.2) is 0 Å². The molecule has 0 aliphatic heterocycles. The van der Waals surface area contributed by atoms with Crippen molar-refractivity contribution in [3.63, 3.8) is 0 Å². The number of aromatic nitrogens is 4. The Labute approximate surface area is 160 Å². The summed E-state index contributed by atoms with van der Waals surface area (Å²) in [5.74, 6) is -4.91. The molecular weight excluding hydrogens is 374 g/mol. The van der Waals surface area contributed by atoms with Gasteiger partial charge in [-0.2, -0.15) is 5.10 Å². The van der Waals surface area contributed by atoms with E-state index in [-0.39, 0.29) is 37.5 Å². The van der Waals surface area contributed by atoms with Crippen molar-refractivity contribution < 1.29 is 17.6 Å². The van der Waals surface area contributed by atoms with Crippen LogP contribution in [-0.2, 0) is 0 Å². The molecule has 0 spiro atoms. The van der Waals surface area contributed by atoms with Gasteiger partial charge in [-0.25, -0.2) is 32.0 Å². The lowest BCUT2D eigenvalue weighted by molar-refractivity contribution is -0.0485. The molecule has 0 radical (unpaired) electrons. The topological polar surface area (TPSA) is 69.1 Å². The summed E-state index contributed by atoms with van der Waals surface area (Å²) in [4.78, 5) is 9.06. The van der Waals surface area contributed by atoms with Crippen molar-refractivity contribution in [1.82, 2.24) is 19.6 Å². The van der Waals surface area contributed by atoms with Crippen molar-refractivity contribution in [2.75, 3.05) is 0 Å². The monoisotopic (exact) mass is 399 g/mol. The van der Waals surface area contributed by atoms with Crippen LogP contribution < -0.4 is 5.73 Å². The third-order valence-electron chi connectivity index (χ3n) is 6.25. The molecule has 2 aliphatic carbocycles. The van der Waals surface area contributed by atoms with Crippen LogP contribution in [0.1, 0.15) is 80.4 Å². The minimum atomic E-state index is -2.60. The van der Waals surface area contributed by atoms with Gasteiger partial charge in [0.05, 0.1) is 29.3 Å². The Morgan fingerprint density at radius 1 is 1.00 bits per heavy atom. The summed E-state index contributed by atoms with van der Waals surface area (Å²) in [6, 6.07) is -0.447. The van der Waals surface area contributed by atoms with E-state index in [9.17, 15) is 17.6 Å². The summed E-state index contributed by atoms with van der Waals surface area (Å²) in [6.45, 7) is 1.82. The average molecular weight is 399 g/mol. The van der Waals surface area contributed by atoms with Crippen LogP contribution in [0.15, 0.2) is 6.20 Å². The second-order valence-corrected chi connectivity index (χ2v) is 8.34. The molecule has 2 N–H and O–H groups in total. The Hall–Kier alpha value is -1.77. The summed E-state index contributed by atoms with van der Waals surface area (Å²) in [5, 5.41) is 4.49. The van der Waals surface area contributed by atoms with Crippen LogP contribution >= 0.6 is 0 Å². The van der Waals surface area contributed by atoms with E-state index in [1.807, 2.05) is 6.92 Å². The van der Waals surface area contributed by atoms with Gasteiger partial charge in [0.25, 0.3) is 5.78 Å². The number of hydrogen-bond acceptors (Lipinski definition) is 4. The zero-order valence-electron chi connectivity index (χ0n) is 15.8. The predicted molar refractivity (Wildman–Crippen MR) is 95.5 cm³/mol. The first-order valence-corrected chi connectivity index (χ1v) is 9.89. The van der Waals surface area contributed by atoms with Gasteiger partial charge in [0, 0.05) is 31.6 Å². The van der Waals surface area contributed by atoms with Crippen LogP contribution in [0, 0.1) is 12.8 Å². The summed E-state index contributed by atoms with van der Waals surface area (Å²) >= 11 is 0.